The number of nitrogens with two attached hydrogens (primary N) is 1. The van der Waals surface area contributed by atoms with Gasteiger partial charge in [0.15, 0.2) is 0 Å². The van der Waals surface area contributed by atoms with Gasteiger partial charge in [-0.15, -0.1) is 12.4 Å². The van der Waals surface area contributed by atoms with Gasteiger partial charge >= 0.3 is 0 Å². The number of amides is 1. The fourth-order valence-electron chi connectivity index (χ4n) is 2.32. The number of carbonyl (C=O) groups is 1. The Balaban J connectivity index is 0.00000361. The molecule has 5 heteroatoms. The summed E-state index contributed by atoms with van der Waals surface area (Å²) in [5, 5.41) is 0.696. The van der Waals surface area contributed by atoms with Crippen molar-refractivity contribution in [2.24, 2.45) is 17.6 Å². The Morgan fingerprint density at radius 3 is 2.30 bits per heavy atom. The van der Waals surface area contributed by atoms with Crippen LogP contribution in [-0.4, -0.2) is 24.4 Å². The second kappa shape index (κ2) is 8.50. The van der Waals surface area contributed by atoms with E-state index < -0.39 is 0 Å². The minimum absolute atomic E-state index is 0. The Labute approximate surface area is 132 Å². The van der Waals surface area contributed by atoms with Crippen molar-refractivity contribution in [1.82, 2.24) is 4.90 Å². The lowest BCUT2D eigenvalue weighted by molar-refractivity contribution is -0.136. The maximum Gasteiger partial charge on any atom is 0.226 e. The van der Waals surface area contributed by atoms with Crippen molar-refractivity contribution in [1.29, 1.82) is 0 Å². The van der Waals surface area contributed by atoms with Gasteiger partial charge in [-0.2, -0.15) is 0 Å². The predicted molar refractivity (Wildman–Crippen MR) is 87.3 cm³/mol. The number of halogens is 2. The molecule has 0 aliphatic heterocycles. The molecule has 1 rings (SSSR count). The number of nitrogens with zero attached hydrogens (tertiary/aromatic N) is 1. The van der Waals surface area contributed by atoms with Gasteiger partial charge in [0.1, 0.15) is 0 Å². The number of rotatable bonds is 5. The van der Waals surface area contributed by atoms with Gasteiger partial charge in [0.2, 0.25) is 5.91 Å². The summed E-state index contributed by atoms with van der Waals surface area (Å²) in [4.78, 5) is 14.1. The molecule has 114 valence electrons. The molecule has 0 saturated heterocycles. The van der Waals surface area contributed by atoms with Crippen LogP contribution in [0.2, 0.25) is 5.02 Å². The summed E-state index contributed by atoms with van der Waals surface area (Å²) in [5.41, 5.74) is 6.57. The molecule has 1 amide bonds. The van der Waals surface area contributed by atoms with E-state index in [9.17, 15) is 4.79 Å². The zero-order valence-corrected chi connectivity index (χ0v) is 14.0. The maximum atomic E-state index is 12.3. The molecular weight excluding hydrogens is 295 g/mol. The largest absolute Gasteiger partial charge is 0.338 e. The van der Waals surface area contributed by atoms with Crippen LogP contribution in [-0.2, 0) is 4.79 Å². The third-order valence-electron chi connectivity index (χ3n) is 3.40. The first-order valence-corrected chi connectivity index (χ1v) is 6.99. The van der Waals surface area contributed by atoms with E-state index in [1.807, 2.05) is 38.2 Å². The van der Waals surface area contributed by atoms with Crippen molar-refractivity contribution in [2.45, 2.75) is 26.8 Å². The summed E-state index contributed by atoms with van der Waals surface area (Å²) in [6.07, 6.45) is 0. The summed E-state index contributed by atoms with van der Waals surface area (Å²) < 4.78 is 0. The monoisotopic (exact) mass is 318 g/mol. The molecule has 2 atom stereocenters. The average molecular weight is 319 g/mol. The van der Waals surface area contributed by atoms with Crippen LogP contribution in [0.3, 0.4) is 0 Å². The SMILES string of the molecule is CC(CN)C(=O)N(C)C(c1ccccc1Cl)C(C)C.Cl. The first-order valence-electron chi connectivity index (χ1n) is 6.61. The van der Waals surface area contributed by atoms with Crippen molar-refractivity contribution < 1.29 is 4.79 Å². The average Bonchev–Trinajstić information content (AvgIpc) is 2.38. The van der Waals surface area contributed by atoms with Gasteiger partial charge < -0.3 is 10.6 Å². The lowest BCUT2D eigenvalue weighted by atomic mass is 9.93. The van der Waals surface area contributed by atoms with Crippen LogP contribution in [0, 0.1) is 11.8 Å². The fraction of sp³-hybridized carbons (Fsp3) is 0.533. The molecule has 0 aliphatic rings. The number of carbonyl (C=O) groups excluding carboxylic acids is 1. The van der Waals surface area contributed by atoms with E-state index in [0.29, 0.717) is 11.6 Å². The lowest BCUT2D eigenvalue weighted by Gasteiger charge is -2.33. The molecule has 20 heavy (non-hydrogen) atoms. The highest BCUT2D eigenvalue weighted by Gasteiger charge is 2.28. The zero-order valence-electron chi connectivity index (χ0n) is 12.5. The zero-order chi connectivity index (χ0) is 14.6. The summed E-state index contributed by atoms with van der Waals surface area (Å²) in [7, 11) is 1.82. The van der Waals surface area contributed by atoms with Gasteiger partial charge in [0.25, 0.3) is 0 Å². The summed E-state index contributed by atoms with van der Waals surface area (Å²) in [5.74, 6) is 0.161. The Hall–Kier alpha value is -0.770. The smallest absolute Gasteiger partial charge is 0.226 e. The van der Waals surface area contributed by atoms with Crippen LogP contribution in [0.4, 0.5) is 0 Å². The van der Waals surface area contributed by atoms with Crippen LogP contribution in [0.5, 0.6) is 0 Å². The first-order chi connectivity index (χ1) is 8.90. The van der Waals surface area contributed by atoms with Gasteiger partial charge in [-0.1, -0.05) is 50.6 Å². The second-order valence-electron chi connectivity index (χ2n) is 5.30. The van der Waals surface area contributed by atoms with Crippen molar-refractivity contribution in [3.05, 3.63) is 34.9 Å². The van der Waals surface area contributed by atoms with Gasteiger partial charge in [-0.05, 0) is 17.5 Å². The van der Waals surface area contributed by atoms with E-state index in [-0.39, 0.29) is 36.2 Å². The van der Waals surface area contributed by atoms with Gasteiger partial charge in [-0.25, -0.2) is 0 Å². The minimum Gasteiger partial charge on any atom is -0.338 e. The molecule has 0 aliphatic carbocycles. The third kappa shape index (κ3) is 4.37. The molecule has 0 aromatic heterocycles. The summed E-state index contributed by atoms with van der Waals surface area (Å²) in [6, 6.07) is 7.64. The van der Waals surface area contributed by atoms with Crippen molar-refractivity contribution in [2.75, 3.05) is 13.6 Å². The molecular formula is C15H24Cl2N2O. The fourth-order valence-corrected chi connectivity index (χ4v) is 2.56. The standard InChI is InChI=1S/C15H23ClN2O.ClH/c1-10(2)14(12-7-5-6-8-13(12)16)18(4)15(19)11(3)9-17;/h5-8,10-11,14H,9,17H2,1-4H3;1H. The molecule has 1 aromatic rings. The Morgan fingerprint density at radius 2 is 1.85 bits per heavy atom. The molecule has 2 unspecified atom stereocenters. The normalized spacial score (nSPS) is 13.6. The van der Waals surface area contributed by atoms with E-state index >= 15 is 0 Å². The third-order valence-corrected chi connectivity index (χ3v) is 3.74. The van der Waals surface area contributed by atoms with E-state index in [1.54, 1.807) is 4.90 Å². The number of benzene rings is 1. The lowest BCUT2D eigenvalue weighted by Crippen LogP contribution is -2.39. The van der Waals surface area contributed by atoms with Crippen molar-refractivity contribution >= 4 is 29.9 Å². The van der Waals surface area contributed by atoms with Crippen LogP contribution in [0.1, 0.15) is 32.4 Å². The molecule has 0 radical (unpaired) electrons. The molecule has 1 aromatic carbocycles. The van der Waals surface area contributed by atoms with Gasteiger partial charge in [0.05, 0.1) is 6.04 Å². The topological polar surface area (TPSA) is 46.3 Å². The van der Waals surface area contributed by atoms with E-state index in [0.717, 1.165) is 5.56 Å². The molecule has 0 spiro atoms. The maximum absolute atomic E-state index is 12.3. The minimum atomic E-state index is -0.172. The molecule has 3 nitrogen and oxygen atoms in total. The second-order valence-corrected chi connectivity index (χ2v) is 5.70. The van der Waals surface area contributed by atoms with Crippen LogP contribution >= 0.6 is 24.0 Å². The van der Waals surface area contributed by atoms with Gasteiger partial charge in [-0.3, -0.25) is 4.79 Å². The highest BCUT2D eigenvalue weighted by molar-refractivity contribution is 6.31. The Kier molecular flexibility index (Phi) is 8.17. The molecule has 0 bridgehead atoms. The Bertz CT molecular complexity index is 438. The van der Waals surface area contributed by atoms with Crippen LogP contribution < -0.4 is 5.73 Å². The number of hydrogen-bond donors (Lipinski definition) is 1. The Morgan fingerprint density at radius 1 is 1.30 bits per heavy atom. The highest BCUT2D eigenvalue weighted by atomic mass is 35.5. The van der Waals surface area contributed by atoms with Crippen LogP contribution in [0.25, 0.3) is 0 Å². The molecule has 2 N–H and O–H groups in total. The van der Waals surface area contributed by atoms with Gasteiger partial charge in [0, 0.05) is 24.5 Å². The number of hydrogen-bond acceptors (Lipinski definition) is 2. The van der Waals surface area contributed by atoms with E-state index in [4.69, 9.17) is 17.3 Å². The quantitative estimate of drug-likeness (QED) is 0.903. The first kappa shape index (κ1) is 19.2. The van der Waals surface area contributed by atoms with Crippen LogP contribution in [0.15, 0.2) is 24.3 Å². The van der Waals surface area contributed by atoms with E-state index in [1.165, 1.54) is 0 Å². The van der Waals surface area contributed by atoms with Crippen molar-refractivity contribution in [3.63, 3.8) is 0 Å². The molecule has 0 fully saturated rings. The molecule has 0 heterocycles. The molecule has 0 saturated carbocycles. The van der Waals surface area contributed by atoms with Crippen molar-refractivity contribution in [3.8, 4) is 0 Å². The summed E-state index contributed by atoms with van der Waals surface area (Å²) in [6.45, 7) is 6.38. The highest BCUT2D eigenvalue weighted by Crippen LogP contribution is 2.33. The van der Waals surface area contributed by atoms with E-state index in [2.05, 4.69) is 13.8 Å². The predicted octanol–water partition coefficient (Wildman–Crippen LogP) is 3.51. The summed E-state index contributed by atoms with van der Waals surface area (Å²) >= 11 is 6.26.